The van der Waals surface area contributed by atoms with Gasteiger partial charge in [-0.3, -0.25) is 0 Å². The fourth-order valence-electron chi connectivity index (χ4n) is 0. The zero-order chi connectivity index (χ0) is 3.58. The van der Waals surface area contributed by atoms with Gasteiger partial charge in [-0.15, -0.1) is 0 Å². The van der Waals surface area contributed by atoms with E-state index in [2.05, 4.69) is 0 Å². The van der Waals surface area contributed by atoms with Crippen LogP contribution in [0.4, 0.5) is 0 Å². The molecular weight excluding hydrogens is 237 g/mol. The molecule has 0 aromatic carbocycles. The van der Waals surface area contributed by atoms with Crippen LogP contribution in [-0.2, 0) is 21.1 Å². The SMILES string of the molecule is C[CH](O)[Au]. The second kappa shape index (κ2) is 1.97. The van der Waals surface area contributed by atoms with Crippen molar-refractivity contribution in [3.8, 4) is 0 Å². The average molecular weight is 242 g/mol. The van der Waals surface area contributed by atoms with E-state index in [-0.39, 0.29) is 4.32 Å². The van der Waals surface area contributed by atoms with E-state index in [1.165, 1.54) is 0 Å². The summed E-state index contributed by atoms with van der Waals surface area (Å²) in [4.78, 5) is 0. The van der Waals surface area contributed by atoms with Gasteiger partial charge in [0.1, 0.15) is 0 Å². The van der Waals surface area contributed by atoms with Crippen LogP contribution in [0.15, 0.2) is 0 Å². The third kappa shape index (κ3) is 15.9. The Balaban J connectivity index is 2.32. The van der Waals surface area contributed by atoms with Gasteiger partial charge in [0.15, 0.2) is 0 Å². The summed E-state index contributed by atoms with van der Waals surface area (Å²) in [7, 11) is 0. The molecule has 0 saturated carbocycles. The third-order valence-electron chi connectivity index (χ3n) is 0. The quantitative estimate of drug-likeness (QED) is 0.587. The molecule has 0 amide bonds. The molecule has 0 rings (SSSR count). The van der Waals surface area contributed by atoms with Crippen molar-refractivity contribution in [3.05, 3.63) is 0 Å². The number of aliphatic hydroxyl groups is 1. The summed E-state index contributed by atoms with van der Waals surface area (Å²) < 4.78 is -0.222. The van der Waals surface area contributed by atoms with Crippen LogP contribution in [0.5, 0.6) is 0 Å². The molecule has 0 fully saturated rings. The molecule has 0 aliphatic carbocycles. The van der Waals surface area contributed by atoms with Crippen molar-refractivity contribution in [2.45, 2.75) is 11.2 Å². The molecule has 30 valence electrons. The molecule has 1 nitrogen and oxygen atoms in total. The van der Waals surface area contributed by atoms with Gasteiger partial charge in [0.25, 0.3) is 0 Å². The molecule has 0 heterocycles. The Bertz CT molecular complexity index is 10.8. The number of hydrogen-bond acceptors (Lipinski definition) is 1. The first-order valence-electron chi connectivity index (χ1n) is 1.01. The monoisotopic (exact) mass is 242 g/mol. The van der Waals surface area contributed by atoms with E-state index in [4.69, 9.17) is 5.11 Å². The van der Waals surface area contributed by atoms with E-state index in [9.17, 15) is 0 Å². The van der Waals surface area contributed by atoms with Gasteiger partial charge in [-0.1, -0.05) is 0 Å². The van der Waals surface area contributed by atoms with E-state index in [0.29, 0.717) is 0 Å². The minimum atomic E-state index is -0.222. The van der Waals surface area contributed by atoms with Crippen LogP contribution in [0.1, 0.15) is 6.92 Å². The van der Waals surface area contributed by atoms with Crippen LogP contribution >= 0.6 is 0 Å². The topological polar surface area (TPSA) is 20.2 Å². The van der Waals surface area contributed by atoms with Crippen LogP contribution in [0.2, 0.25) is 0 Å². The van der Waals surface area contributed by atoms with Crippen molar-refractivity contribution < 1.29 is 26.2 Å². The van der Waals surface area contributed by atoms with Crippen molar-refractivity contribution in [2.75, 3.05) is 0 Å². The van der Waals surface area contributed by atoms with Gasteiger partial charge < -0.3 is 0 Å². The van der Waals surface area contributed by atoms with Crippen LogP contribution in [-0.4, -0.2) is 9.43 Å². The summed E-state index contributed by atoms with van der Waals surface area (Å²) in [5.74, 6) is 0. The van der Waals surface area contributed by atoms with Gasteiger partial charge in [-0.2, -0.15) is 0 Å². The first-order valence-corrected chi connectivity index (χ1v) is 2.26. The molecule has 1 N–H and O–H groups in total. The van der Waals surface area contributed by atoms with Gasteiger partial charge in [0.05, 0.1) is 0 Å². The zero-order valence-corrected chi connectivity index (χ0v) is 4.49. The maximum absolute atomic E-state index is 8.03. The van der Waals surface area contributed by atoms with Gasteiger partial charge in [-0.25, -0.2) is 0 Å². The fraction of sp³-hybridized carbons (Fsp3) is 1.00. The second-order valence-electron chi connectivity index (χ2n) is 0.510. The number of aliphatic hydroxyl groups excluding tert-OH is 1. The number of hydrogen-bond donors (Lipinski definition) is 1. The zero-order valence-electron chi connectivity index (χ0n) is 2.33. The third-order valence-corrected chi connectivity index (χ3v) is 0. The Hall–Kier alpha value is 0.700. The molecule has 4 heavy (non-hydrogen) atoms. The molecule has 0 spiro atoms. The second-order valence-corrected chi connectivity index (χ2v) is 2.32. The summed E-state index contributed by atoms with van der Waals surface area (Å²) in [6, 6.07) is 0. The normalized spacial score (nSPS) is 16.0. The first-order chi connectivity index (χ1) is 1.73. The van der Waals surface area contributed by atoms with E-state index >= 15 is 0 Å². The molecule has 1 unspecified atom stereocenters. The molecular formula is C2H5AuO. The van der Waals surface area contributed by atoms with E-state index in [0.717, 1.165) is 0 Å². The molecule has 0 aliphatic heterocycles. The molecule has 0 aromatic rings. The first kappa shape index (κ1) is 4.70. The summed E-state index contributed by atoms with van der Waals surface area (Å²) in [6.45, 7) is 1.70. The van der Waals surface area contributed by atoms with E-state index < -0.39 is 0 Å². The van der Waals surface area contributed by atoms with Crippen LogP contribution in [0.25, 0.3) is 0 Å². The van der Waals surface area contributed by atoms with Crippen molar-refractivity contribution in [1.82, 2.24) is 0 Å². The molecule has 1 atom stereocenters. The van der Waals surface area contributed by atoms with Gasteiger partial charge in [0.2, 0.25) is 0 Å². The van der Waals surface area contributed by atoms with Crippen LogP contribution in [0, 0.1) is 0 Å². The standard InChI is InChI=1S/C2H5O.Au/c1-2-3;/h2-3H,1H3;. The van der Waals surface area contributed by atoms with E-state index in [1.54, 1.807) is 6.92 Å². The summed E-state index contributed by atoms with van der Waals surface area (Å²) in [6.07, 6.45) is 0. The minimum absolute atomic E-state index is 0.222. The maximum atomic E-state index is 8.03. The predicted octanol–water partition coefficient (Wildman–Crippen LogP) is -0.129. The summed E-state index contributed by atoms with van der Waals surface area (Å²) >= 11 is 2.05. The Morgan fingerprint density at radius 1 is 2.00 bits per heavy atom. The summed E-state index contributed by atoms with van der Waals surface area (Å²) in [5, 5.41) is 8.03. The molecule has 0 aliphatic rings. The molecule has 0 radical (unpaired) electrons. The molecule has 0 saturated heterocycles. The Labute approximate surface area is 37.9 Å². The number of rotatable bonds is 0. The van der Waals surface area contributed by atoms with Gasteiger partial charge >= 0.3 is 37.4 Å². The van der Waals surface area contributed by atoms with Crippen LogP contribution < -0.4 is 0 Å². The Morgan fingerprint density at radius 2 is 2.00 bits per heavy atom. The average Bonchev–Trinajstić information content (AvgIpc) is 0.811. The van der Waals surface area contributed by atoms with E-state index in [1.807, 2.05) is 21.1 Å². The molecule has 0 bridgehead atoms. The summed E-state index contributed by atoms with van der Waals surface area (Å²) in [5.41, 5.74) is 0. The Morgan fingerprint density at radius 3 is 2.00 bits per heavy atom. The van der Waals surface area contributed by atoms with Gasteiger partial charge in [0, 0.05) is 0 Å². The molecule has 0 aromatic heterocycles. The van der Waals surface area contributed by atoms with Crippen molar-refractivity contribution in [1.29, 1.82) is 0 Å². The Kier molecular flexibility index (Phi) is 2.32. The van der Waals surface area contributed by atoms with Crippen molar-refractivity contribution in [2.24, 2.45) is 0 Å². The van der Waals surface area contributed by atoms with Crippen molar-refractivity contribution >= 4 is 0 Å². The van der Waals surface area contributed by atoms with Crippen LogP contribution in [0.3, 0.4) is 0 Å². The molecule has 2 heteroatoms. The van der Waals surface area contributed by atoms with Gasteiger partial charge in [-0.05, 0) is 0 Å². The van der Waals surface area contributed by atoms with Crippen molar-refractivity contribution in [3.63, 3.8) is 0 Å². The fourth-order valence-corrected chi connectivity index (χ4v) is 0. The predicted molar refractivity (Wildman–Crippen MR) is 11.7 cm³/mol.